The Morgan fingerprint density at radius 3 is 3.14 bits per heavy atom. The predicted octanol–water partition coefficient (Wildman–Crippen LogP) is 1.51. The van der Waals surface area contributed by atoms with Crippen molar-refractivity contribution in [2.24, 2.45) is 17.8 Å². The largest absolute Gasteiger partial charge is 0.376 e. The number of carbonyl (C=O) groups excluding carboxylic acids is 1. The molecular formula is C16H23N3O2S. The van der Waals surface area contributed by atoms with Crippen LogP contribution in [0.4, 0.5) is 0 Å². The lowest BCUT2D eigenvalue weighted by Gasteiger charge is -2.35. The van der Waals surface area contributed by atoms with Crippen LogP contribution in [-0.2, 0) is 16.1 Å². The molecule has 5 nitrogen and oxygen atoms in total. The van der Waals surface area contributed by atoms with Gasteiger partial charge in [0.2, 0.25) is 5.91 Å². The van der Waals surface area contributed by atoms with E-state index in [4.69, 9.17) is 4.74 Å². The van der Waals surface area contributed by atoms with Gasteiger partial charge in [0.25, 0.3) is 0 Å². The second-order valence-corrected chi connectivity index (χ2v) is 7.74. The van der Waals surface area contributed by atoms with E-state index in [9.17, 15) is 4.79 Å². The highest BCUT2D eigenvalue weighted by Crippen LogP contribution is 2.35. The minimum absolute atomic E-state index is 0.187. The van der Waals surface area contributed by atoms with Crippen molar-refractivity contribution in [3.8, 4) is 0 Å². The maximum atomic E-state index is 11.8. The molecule has 3 heterocycles. The normalized spacial score (nSPS) is 31.9. The lowest BCUT2D eigenvalue weighted by Crippen LogP contribution is -2.45. The lowest BCUT2D eigenvalue weighted by atomic mass is 9.84. The Labute approximate surface area is 135 Å². The van der Waals surface area contributed by atoms with Crippen molar-refractivity contribution in [2.45, 2.75) is 31.9 Å². The molecule has 0 bridgehead atoms. The van der Waals surface area contributed by atoms with E-state index in [1.165, 1.54) is 11.4 Å². The highest BCUT2D eigenvalue weighted by molar-refractivity contribution is 7.09. The summed E-state index contributed by atoms with van der Waals surface area (Å²) in [5.41, 5.74) is 0. The number of rotatable bonds is 5. The second-order valence-electron chi connectivity index (χ2n) is 6.76. The first-order valence-electron chi connectivity index (χ1n) is 8.29. The first-order valence-corrected chi connectivity index (χ1v) is 9.17. The molecule has 120 valence electrons. The van der Waals surface area contributed by atoms with Crippen molar-refractivity contribution in [3.05, 3.63) is 16.6 Å². The van der Waals surface area contributed by atoms with Gasteiger partial charge in [-0.25, -0.2) is 4.98 Å². The highest BCUT2D eigenvalue weighted by atomic mass is 32.1. The summed E-state index contributed by atoms with van der Waals surface area (Å²) in [6.07, 6.45) is 5.38. The second kappa shape index (κ2) is 6.26. The maximum absolute atomic E-state index is 11.8. The summed E-state index contributed by atoms with van der Waals surface area (Å²) in [7, 11) is 0. The minimum atomic E-state index is 0.187. The third-order valence-corrected chi connectivity index (χ3v) is 5.92. The van der Waals surface area contributed by atoms with Gasteiger partial charge in [-0.3, -0.25) is 9.69 Å². The van der Waals surface area contributed by atoms with Gasteiger partial charge in [-0.05, 0) is 31.7 Å². The Hall–Kier alpha value is -0.980. The smallest absolute Gasteiger partial charge is 0.223 e. The van der Waals surface area contributed by atoms with E-state index in [1.54, 1.807) is 11.3 Å². The third kappa shape index (κ3) is 3.19. The number of piperidine rings is 1. The Kier molecular flexibility index (Phi) is 4.15. The van der Waals surface area contributed by atoms with Crippen LogP contribution in [0.25, 0.3) is 0 Å². The van der Waals surface area contributed by atoms with Crippen LogP contribution in [0.2, 0.25) is 0 Å². The van der Waals surface area contributed by atoms with Crippen LogP contribution in [0.5, 0.6) is 0 Å². The number of carbonyl (C=O) groups is 1. The summed E-state index contributed by atoms with van der Waals surface area (Å²) in [4.78, 5) is 18.7. The van der Waals surface area contributed by atoms with Crippen LogP contribution in [0, 0.1) is 17.8 Å². The Balaban J connectivity index is 1.31. The van der Waals surface area contributed by atoms with E-state index in [-0.39, 0.29) is 17.9 Å². The molecule has 4 rings (SSSR count). The molecule has 6 heteroatoms. The maximum Gasteiger partial charge on any atom is 0.223 e. The van der Waals surface area contributed by atoms with Gasteiger partial charge in [-0.15, -0.1) is 11.3 Å². The number of likely N-dealkylation sites (tertiary alicyclic amines) is 1. The van der Waals surface area contributed by atoms with E-state index in [0.29, 0.717) is 18.4 Å². The molecule has 1 saturated carbocycles. The first-order chi connectivity index (χ1) is 10.8. The monoisotopic (exact) mass is 321 g/mol. The van der Waals surface area contributed by atoms with Crippen LogP contribution in [0.1, 0.15) is 24.3 Å². The summed E-state index contributed by atoms with van der Waals surface area (Å²) in [5.74, 6) is 1.72. The lowest BCUT2D eigenvalue weighted by molar-refractivity contribution is -0.122. The predicted molar refractivity (Wildman–Crippen MR) is 84.5 cm³/mol. The van der Waals surface area contributed by atoms with Gasteiger partial charge in [-0.1, -0.05) is 0 Å². The van der Waals surface area contributed by atoms with Crippen LogP contribution in [0.15, 0.2) is 11.6 Å². The molecule has 2 saturated heterocycles. The van der Waals surface area contributed by atoms with E-state index in [2.05, 4.69) is 15.2 Å². The average Bonchev–Trinajstić information content (AvgIpc) is 3.12. The zero-order valence-corrected chi connectivity index (χ0v) is 13.6. The molecule has 0 unspecified atom stereocenters. The third-order valence-electron chi connectivity index (χ3n) is 5.16. The number of thiazole rings is 1. The molecule has 0 radical (unpaired) electrons. The van der Waals surface area contributed by atoms with Crippen LogP contribution < -0.4 is 5.32 Å². The summed E-state index contributed by atoms with van der Waals surface area (Å²) in [6, 6.07) is 0. The number of nitrogens with zero attached hydrogens (tertiary/aromatic N) is 2. The standard InChI is InChI=1S/C16H23N3O2S/c20-16(11-1-2-11)18-7-14-13-8-19(5-3-12(13)10-21-14)9-15-17-4-6-22-15/h4,6,11-14H,1-3,5,7-10H2,(H,18,20)/t12-,13-,14+/m1/s1. The molecule has 3 fully saturated rings. The zero-order chi connectivity index (χ0) is 14.9. The van der Waals surface area contributed by atoms with Crippen molar-refractivity contribution >= 4 is 17.2 Å². The fraction of sp³-hybridized carbons (Fsp3) is 0.750. The minimum Gasteiger partial charge on any atom is -0.376 e. The molecular weight excluding hydrogens is 298 g/mol. The van der Waals surface area contributed by atoms with E-state index in [1.807, 2.05) is 11.6 Å². The topological polar surface area (TPSA) is 54.5 Å². The van der Waals surface area contributed by atoms with E-state index in [0.717, 1.165) is 39.1 Å². The molecule has 2 aliphatic heterocycles. The molecule has 1 aliphatic carbocycles. The molecule has 3 atom stereocenters. The van der Waals surface area contributed by atoms with Gasteiger partial charge in [0, 0.05) is 36.5 Å². The van der Waals surface area contributed by atoms with Gasteiger partial charge in [0.15, 0.2) is 0 Å². The van der Waals surface area contributed by atoms with Gasteiger partial charge < -0.3 is 10.1 Å². The van der Waals surface area contributed by atoms with Gasteiger partial charge in [-0.2, -0.15) is 0 Å². The highest BCUT2D eigenvalue weighted by Gasteiger charge is 2.41. The number of hydrogen-bond donors (Lipinski definition) is 1. The SMILES string of the molecule is O=C(NC[C@@H]1OC[C@H]2CCN(Cc3nccs3)C[C@H]21)C1CC1. The first kappa shape index (κ1) is 14.6. The van der Waals surface area contributed by atoms with Crippen LogP contribution in [0.3, 0.4) is 0 Å². The molecule has 1 amide bonds. The van der Waals surface area contributed by atoms with Crippen molar-refractivity contribution in [2.75, 3.05) is 26.2 Å². The Morgan fingerprint density at radius 2 is 2.36 bits per heavy atom. The number of nitrogens with one attached hydrogen (secondary N) is 1. The average molecular weight is 321 g/mol. The van der Waals surface area contributed by atoms with E-state index >= 15 is 0 Å². The number of amides is 1. The van der Waals surface area contributed by atoms with Gasteiger partial charge in [0.1, 0.15) is 5.01 Å². The molecule has 1 N–H and O–H groups in total. The van der Waals surface area contributed by atoms with Crippen LogP contribution >= 0.6 is 11.3 Å². The van der Waals surface area contributed by atoms with Crippen molar-refractivity contribution in [3.63, 3.8) is 0 Å². The van der Waals surface area contributed by atoms with Crippen molar-refractivity contribution in [1.82, 2.24) is 15.2 Å². The summed E-state index contributed by atoms with van der Waals surface area (Å²) < 4.78 is 5.98. The Bertz CT molecular complexity index is 517. The fourth-order valence-corrected chi connectivity index (χ4v) is 4.32. The quantitative estimate of drug-likeness (QED) is 0.893. The molecule has 0 aromatic carbocycles. The molecule has 0 spiro atoms. The van der Waals surface area contributed by atoms with Crippen molar-refractivity contribution in [1.29, 1.82) is 0 Å². The Morgan fingerprint density at radius 1 is 1.45 bits per heavy atom. The summed E-state index contributed by atoms with van der Waals surface area (Å²) >= 11 is 1.73. The summed E-state index contributed by atoms with van der Waals surface area (Å²) in [6.45, 7) is 4.68. The number of ether oxygens (including phenoxy) is 1. The van der Waals surface area contributed by atoms with Gasteiger partial charge in [0.05, 0.1) is 19.3 Å². The number of fused-ring (bicyclic) bond motifs is 1. The molecule has 22 heavy (non-hydrogen) atoms. The van der Waals surface area contributed by atoms with Gasteiger partial charge >= 0.3 is 0 Å². The molecule has 3 aliphatic rings. The van der Waals surface area contributed by atoms with Crippen LogP contribution in [-0.4, -0.2) is 48.1 Å². The van der Waals surface area contributed by atoms with E-state index < -0.39 is 0 Å². The summed E-state index contributed by atoms with van der Waals surface area (Å²) in [5, 5.41) is 6.32. The molecule has 1 aromatic rings. The molecule has 1 aromatic heterocycles. The number of hydrogen-bond acceptors (Lipinski definition) is 5. The zero-order valence-electron chi connectivity index (χ0n) is 12.7. The van der Waals surface area contributed by atoms with Crippen molar-refractivity contribution < 1.29 is 9.53 Å². The number of aromatic nitrogens is 1. The fourth-order valence-electron chi connectivity index (χ4n) is 3.67.